The van der Waals surface area contributed by atoms with Crippen LogP contribution in [0.3, 0.4) is 0 Å². The fourth-order valence-electron chi connectivity index (χ4n) is 2.29. The van der Waals surface area contributed by atoms with Gasteiger partial charge in [0.1, 0.15) is 0 Å². The minimum absolute atomic E-state index is 0.490. The maximum Gasteiger partial charge on any atom is 0.355 e. The molecule has 0 bridgehead atoms. The average Bonchev–Trinajstić information content (AvgIpc) is 2.62. The highest BCUT2D eigenvalue weighted by Crippen LogP contribution is 2.14. The quantitative estimate of drug-likeness (QED) is 0.580. The highest BCUT2D eigenvalue weighted by Gasteiger charge is 1.99. The van der Waals surface area contributed by atoms with E-state index in [1.807, 2.05) is 24.3 Å². The number of carbonyl (C=O) groups excluding carboxylic acids is 1. The summed E-state index contributed by atoms with van der Waals surface area (Å²) in [6, 6.07) is 15.6. The van der Waals surface area contributed by atoms with Crippen molar-refractivity contribution in [3.05, 3.63) is 70.8 Å². The first-order chi connectivity index (χ1) is 12.5. The average molecular weight is 350 g/mol. The third kappa shape index (κ3) is 6.16. The van der Waals surface area contributed by atoms with Gasteiger partial charge in [0.05, 0.1) is 12.4 Å². The van der Waals surface area contributed by atoms with Crippen LogP contribution in [0.5, 0.6) is 0 Å². The van der Waals surface area contributed by atoms with Crippen molar-refractivity contribution >= 4 is 18.5 Å². The van der Waals surface area contributed by atoms with Crippen LogP contribution >= 0.6 is 0 Å². The molecule has 0 heterocycles. The van der Waals surface area contributed by atoms with E-state index < -0.39 is 6.03 Å². The summed E-state index contributed by atoms with van der Waals surface area (Å²) in [4.78, 5) is 11.7. The van der Waals surface area contributed by atoms with Crippen molar-refractivity contribution in [3.63, 3.8) is 0 Å². The Bertz CT molecular complexity index is 694. The molecule has 2 amide bonds. The largest absolute Gasteiger partial charge is 0.355 e. The second kappa shape index (κ2) is 9.51. The second-order valence-electron chi connectivity index (χ2n) is 6.71. The molecule has 0 aromatic heterocycles. The van der Waals surface area contributed by atoms with Gasteiger partial charge in [-0.05, 0) is 34.1 Å². The molecular formula is C21H26N4O. The van der Waals surface area contributed by atoms with Crippen molar-refractivity contribution in [1.82, 2.24) is 10.9 Å². The Morgan fingerprint density at radius 1 is 0.731 bits per heavy atom. The molecule has 0 saturated carbocycles. The molecule has 0 aliphatic carbocycles. The van der Waals surface area contributed by atoms with E-state index in [0.717, 1.165) is 11.1 Å². The zero-order valence-corrected chi connectivity index (χ0v) is 15.7. The Morgan fingerprint density at radius 2 is 1.08 bits per heavy atom. The molecule has 5 heteroatoms. The van der Waals surface area contributed by atoms with E-state index in [1.165, 1.54) is 11.1 Å². The number of hydrogen-bond acceptors (Lipinski definition) is 3. The van der Waals surface area contributed by atoms with Crippen LogP contribution in [-0.2, 0) is 0 Å². The standard InChI is InChI=1S/C21H26N4O/c1-15(2)19-9-5-17(6-10-19)13-22-24-21(26)25-23-14-18-7-11-20(12-8-18)16(3)4/h5-16H,1-4H3,(H2,24,25,26). The van der Waals surface area contributed by atoms with E-state index in [1.54, 1.807) is 12.4 Å². The number of hydrazone groups is 2. The van der Waals surface area contributed by atoms with Crippen molar-refractivity contribution in [2.24, 2.45) is 10.2 Å². The van der Waals surface area contributed by atoms with E-state index in [2.05, 4.69) is 73.0 Å². The molecule has 2 N–H and O–H groups in total. The minimum Gasteiger partial charge on any atom is -0.245 e. The van der Waals surface area contributed by atoms with Crippen LogP contribution in [0.4, 0.5) is 4.79 Å². The smallest absolute Gasteiger partial charge is 0.245 e. The lowest BCUT2D eigenvalue weighted by atomic mass is 10.0. The predicted molar refractivity (Wildman–Crippen MR) is 108 cm³/mol. The molecule has 0 radical (unpaired) electrons. The predicted octanol–water partition coefficient (Wildman–Crippen LogP) is 4.60. The van der Waals surface area contributed by atoms with Crippen molar-refractivity contribution in [3.8, 4) is 0 Å². The van der Waals surface area contributed by atoms with Gasteiger partial charge < -0.3 is 0 Å². The molecule has 26 heavy (non-hydrogen) atoms. The van der Waals surface area contributed by atoms with Crippen LogP contribution in [0.2, 0.25) is 0 Å². The first kappa shape index (κ1) is 19.4. The third-order valence-electron chi connectivity index (χ3n) is 3.97. The number of nitrogens with one attached hydrogen (secondary N) is 2. The summed E-state index contributed by atoms with van der Waals surface area (Å²) >= 11 is 0. The summed E-state index contributed by atoms with van der Waals surface area (Å²) in [5.41, 5.74) is 9.14. The van der Waals surface area contributed by atoms with E-state index >= 15 is 0 Å². The second-order valence-corrected chi connectivity index (χ2v) is 6.71. The molecular weight excluding hydrogens is 324 g/mol. The third-order valence-corrected chi connectivity index (χ3v) is 3.97. The van der Waals surface area contributed by atoms with Crippen LogP contribution in [0, 0.1) is 0 Å². The molecule has 0 aliphatic heterocycles. The maximum absolute atomic E-state index is 11.7. The number of nitrogens with zero attached hydrogens (tertiary/aromatic N) is 2. The lowest BCUT2D eigenvalue weighted by molar-refractivity contribution is 0.242. The molecule has 0 atom stereocenters. The maximum atomic E-state index is 11.7. The molecule has 2 aromatic carbocycles. The van der Waals surface area contributed by atoms with Crippen LogP contribution in [-0.4, -0.2) is 18.5 Å². The van der Waals surface area contributed by atoms with Gasteiger partial charge >= 0.3 is 6.03 Å². The van der Waals surface area contributed by atoms with Gasteiger partial charge in [0, 0.05) is 0 Å². The van der Waals surface area contributed by atoms with Crippen LogP contribution in [0.15, 0.2) is 58.7 Å². The number of carbonyl (C=O) groups is 1. The number of hydrogen-bond donors (Lipinski definition) is 2. The van der Waals surface area contributed by atoms with E-state index in [4.69, 9.17) is 0 Å². The van der Waals surface area contributed by atoms with Gasteiger partial charge in [-0.2, -0.15) is 10.2 Å². The lowest BCUT2D eigenvalue weighted by Gasteiger charge is -2.04. The zero-order chi connectivity index (χ0) is 18.9. The molecule has 0 saturated heterocycles. The monoisotopic (exact) mass is 350 g/mol. The summed E-state index contributed by atoms with van der Waals surface area (Å²) in [6.07, 6.45) is 3.19. The first-order valence-corrected chi connectivity index (χ1v) is 8.77. The van der Waals surface area contributed by atoms with Crippen molar-refractivity contribution < 1.29 is 4.79 Å². The molecule has 0 aliphatic rings. The molecule has 2 rings (SSSR count). The number of rotatable bonds is 6. The Balaban J connectivity index is 1.79. The van der Waals surface area contributed by atoms with Crippen molar-refractivity contribution in [1.29, 1.82) is 0 Å². The molecule has 0 spiro atoms. The summed E-state index contributed by atoms with van der Waals surface area (Å²) in [5.74, 6) is 0.980. The van der Waals surface area contributed by atoms with Crippen LogP contribution < -0.4 is 10.9 Å². The van der Waals surface area contributed by atoms with Crippen LogP contribution in [0.1, 0.15) is 61.8 Å². The van der Waals surface area contributed by atoms with Crippen LogP contribution in [0.25, 0.3) is 0 Å². The highest BCUT2D eigenvalue weighted by molar-refractivity contribution is 5.83. The zero-order valence-electron chi connectivity index (χ0n) is 15.7. The summed E-state index contributed by atoms with van der Waals surface area (Å²) in [7, 11) is 0. The van der Waals surface area contributed by atoms with Gasteiger partial charge in [-0.3, -0.25) is 0 Å². The topological polar surface area (TPSA) is 65.8 Å². The van der Waals surface area contributed by atoms with Gasteiger partial charge in [0.25, 0.3) is 0 Å². The van der Waals surface area contributed by atoms with E-state index in [-0.39, 0.29) is 0 Å². The highest BCUT2D eigenvalue weighted by atomic mass is 16.2. The van der Waals surface area contributed by atoms with Gasteiger partial charge in [-0.15, -0.1) is 0 Å². The Hall–Kier alpha value is -2.95. The molecule has 0 fully saturated rings. The van der Waals surface area contributed by atoms with E-state index in [0.29, 0.717) is 11.8 Å². The number of benzene rings is 2. The molecule has 136 valence electrons. The van der Waals surface area contributed by atoms with Gasteiger partial charge in [0.15, 0.2) is 0 Å². The van der Waals surface area contributed by atoms with E-state index in [9.17, 15) is 4.79 Å². The van der Waals surface area contributed by atoms with Crippen molar-refractivity contribution in [2.45, 2.75) is 39.5 Å². The number of urea groups is 1. The normalized spacial score (nSPS) is 11.6. The van der Waals surface area contributed by atoms with Gasteiger partial charge in [0.2, 0.25) is 0 Å². The fourth-order valence-corrected chi connectivity index (χ4v) is 2.29. The molecule has 0 unspecified atom stereocenters. The van der Waals surface area contributed by atoms with Gasteiger partial charge in [-0.1, -0.05) is 76.2 Å². The lowest BCUT2D eigenvalue weighted by Crippen LogP contribution is -2.28. The molecule has 2 aromatic rings. The minimum atomic E-state index is -0.491. The Kier molecular flexibility index (Phi) is 7.09. The number of amides is 2. The summed E-state index contributed by atoms with van der Waals surface area (Å²) < 4.78 is 0. The van der Waals surface area contributed by atoms with Gasteiger partial charge in [-0.25, -0.2) is 15.6 Å². The first-order valence-electron chi connectivity index (χ1n) is 8.77. The Labute approximate surface area is 155 Å². The Morgan fingerprint density at radius 3 is 1.38 bits per heavy atom. The fraction of sp³-hybridized carbons (Fsp3) is 0.286. The SMILES string of the molecule is CC(C)c1ccc(C=NNC(=O)NN=Cc2ccc(C(C)C)cc2)cc1. The molecule has 5 nitrogen and oxygen atoms in total. The summed E-state index contributed by atoms with van der Waals surface area (Å²) in [6.45, 7) is 8.59. The van der Waals surface area contributed by atoms with Crippen molar-refractivity contribution in [2.75, 3.05) is 0 Å². The summed E-state index contributed by atoms with van der Waals surface area (Å²) in [5, 5.41) is 7.82.